The maximum atomic E-state index is 5.71. The van der Waals surface area contributed by atoms with Crippen LogP contribution in [0, 0.1) is 30.6 Å². The van der Waals surface area contributed by atoms with Crippen LogP contribution in [0.25, 0.3) is 0 Å². The van der Waals surface area contributed by atoms with Gasteiger partial charge in [-0.1, -0.05) is 40.7 Å². The molecular weight excluding hydrogens is 258 g/mol. The first-order valence-electron chi connectivity index (χ1n) is 8.07. The normalized spacial score (nSPS) is 21.1. The van der Waals surface area contributed by atoms with Crippen molar-refractivity contribution in [2.75, 3.05) is 13.7 Å². The average Bonchev–Trinajstić information content (AvgIpc) is 2.77. The summed E-state index contributed by atoms with van der Waals surface area (Å²) < 4.78 is 5.71. The van der Waals surface area contributed by atoms with Gasteiger partial charge in [0.2, 0.25) is 0 Å². The zero-order valence-electron chi connectivity index (χ0n) is 14.9. The van der Waals surface area contributed by atoms with Crippen molar-refractivity contribution in [2.24, 2.45) is 16.7 Å². The lowest BCUT2D eigenvalue weighted by molar-refractivity contribution is 0.372. The molecule has 118 valence electrons. The highest BCUT2D eigenvalue weighted by atomic mass is 16.5. The Kier molecular flexibility index (Phi) is 4.14. The minimum atomic E-state index is 0.349. The summed E-state index contributed by atoms with van der Waals surface area (Å²) in [6, 6.07) is 4.79. The summed E-state index contributed by atoms with van der Waals surface area (Å²) in [6.07, 6.45) is 0. The SMILES string of the molecule is CCNC(c1c(C)cc(C)cc1OC)C1C(C)(C)C1(C)C. The average molecular weight is 289 g/mol. The molecule has 1 aromatic rings. The Morgan fingerprint density at radius 3 is 2.14 bits per heavy atom. The Balaban J connectivity index is 2.50. The van der Waals surface area contributed by atoms with E-state index in [4.69, 9.17) is 4.74 Å². The van der Waals surface area contributed by atoms with Gasteiger partial charge in [0.15, 0.2) is 0 Å². The van der Waals surface area contributed by atoms with Crippen LogP contribution in [0.2, 0.25) is 0 Å². The number of rotatable bonds is 5. The number of ether oxygens (including phenoxy) is 1. The van der Waals surface area contributed by atoms with Gasteiger partial charge in [-0.05, 0) is 54.3 Å². The molecule has 0 bridgehead atoms. The summed E-state index contributed by atoms with van der Waals surface area (Å²) in [7, 11) is 1.78. The van der Waals surface area contributed by atoms with Crippen LogP contribution in [0.15, 0.2) is 12.1 Å². The van der Waals surface area contributed by atoms with Gasteiger partial charge in [0, 0.05) is 11.6 Å². The first-order valence-corrected chi connectivity index (χ1v) is 8.07. The molecule has 0 spiro atoms. The van der Waals surface area contributed by atoms with E-state index >= 15 is 0 Å². The molecule has 0 radical (unpaired) electrons. The molecule has 0 heterocycles. The standard InChI is InChI=1S/C19H31NO/c1-9-20-16(17-18(4,5)19(17,6)7)15-13(3)10-12(2)11-14(15)21-8/h10-11,16-17,20H,9H2,1-8H3. The first-order chi connectivity index (χ1) is 9.68. The summed E-state index contributed by atoms with van der Waals surface area (Å²) in [6.45, 7) is 17.0. The predicted octanol–water partition coefficient (Wildman–Crippen LogP) is 4.64. The van der Waals surface area contributed by atoms with Crippen molar-refractivity contribution in [2.45, 2.75) is 54.5 Å². The molecule has 0 aliphatic heterocycles. The van der Waals surface area contributed by atoms with Crippen molar-refractivity contribution >= 4 is 0 Å². The van der Waals surface area contributed by atoms with Gasteiger partial charge >= 0.3 is 0 Å². The Hall–Kier alpha value is -1.02. The molecule has 2 rings (SSSR count). The molecule has 1 aliphatic carbocycles. The van der Waals surface area contributed by atoms with Crippen LogP contribution >= 0.6 is 0 Å². The Morgan fingerprint density at radius 1 is 1.14 bits per heavy atom. The monoisotopic (exact) mass is 289 g/mol. The molecule has 0 saturated heterocycles. The van der Waals surface area contributed by atoms with Gasteiger partial charge < -0.3 is 10.1 Å². The van der Waals surface area contributed by atoms with Crippen molar-refractivity contribution in [3.8, 4) is 5.75 Å². The second-order valence-electron chi connectivity index (χ2n) is 7.65. The van der Waals surface area contributed by atoms with Gasteiger partial charge in [-0.15, -0.1) is 0 Å². The van der Waals surface area contributed by atoms with E-state index in [1.165, 1.54) is 16.7 Å². The topological polar surface area (TPSA) is 21.3 Å². The maximum absolute atomic E-state index is 5.71. The molecule has 1 fully saturated rings. The lowest BCUT2D eigenvalue weighted by Gasteiger charge is -2.25. The molecule has 1 N–H and O–H groups in total. The Labute approximate surface area is 130 Å². The van der Waals surface area contributed by atoms with E-state index in [2.05, 4.69) is 65.9 Å². The smallest absolute Gasteiger partial charge is 0.124 e. The van der Waals surface area contributed by atoms with E-state index in [9.17, 15) is 0 Å². The van der Waals surface area contributed by atoms with Crippen molar-refractivity contribution in [3.05, 3.63) is 28.8 Å². The zero-order valence-corrected chi connectivity index (χ0v) is 14.9. The fourth-order valence-corrected chi connectivity index (χ4v) is 4.19. The molecule has 1 aliphatic rings. The lowest BCUT2D eigenvalue weighted by Crippen LogP contribution is -2.26. The highest BCUT2D eigenvalue weighted by Gasteiger charge is 2.67. The van der Waals surface area contributed by atoms with E-state index in [0.29, 0.717) is 22.8 Å². The van der Waals surface area contributed by atoms with E-state index in [-0.39, 0.29) is 0 Å². The number of nitrogens with one attached hydrogen (secondary N) is 1. The summed E-state index contributed by atoms with van der Waals surface area (Å²) >= 11 is 0. The number of aryl methyl sites for hydroxylation is 2. The largest absolute Gasteiger partial charge is 0.496 e. The van der Waals surface area contributed by atoms with Crippen LogP contribution in [0.5, 0.6) is 5.75 Å². The summed E-state index contributed by atoms with van der Waals surface area (Å²) in [4.78, 5) is 0. The molecule has 21 heavy (non-hydrogen) atoms. The molecule has 1 atom stereocenters. The van der Waals surface area contributed by atoms with Gasteiger partial charge in [-0.25, -0.2) is 0 Å². The predicted molar refractivity (Wildman–Crippen MR) is 89.9 cm³/mol. The van der Waals surface area contributed by atoms with Gasteiger partial charge in [-0.3, -0.25) is 0 Å². The molecule has 2 nitrogen and oxygen atoms in total. The quantitative estimate of drug-likeness (QED) is 0.852. The van der Waals surface area contributed by atoms with E-state index in [0.717, 1.165) is 12.3 Å². The molecule has 0 aromatic heterocycles. The van der Waals surface area contributed by atoms with Crippen LogP contribution in [-0.4, -0.2) is 13.7 Å². The zero-order chi connectivity index (χ0) is 16.0. The minimum Gasteiger partial charge on any atom is -0.496 e. The number of hydrogen-bond donors (Lipinski definition) is 1. The van der Waals surface area contributed by atoms with Crippen LogP contribution in [0.4, 0.5) is 0 Å². The van der Waals surface area contributed by atoms with Crippen molar-refractivity contribution in [1.29, 1.82) is 0 Å². The van der Waals surface area contributed by atoms with Crippen molar-refractivity contribution in [1.82, 2.24) is 5.32 Å². The molecule has 1 unspecified atom stereocenters. The van der Waals surface area contributed by atoms with Gasteiger partial charge in [-0.2, -0.15) is 0 Å². The third-order valence-corrected chi connectivity index (χ3v) is 5.91. The number of hydrogen-bond acceptors (Lipinski definition) is 2. The van der Waals surface area contributed by atoms with Crippen molar-refractivity contribution in [3.63, 3.8) is 0 Å². The van der Waals surface area contributed by atoms with Crippen LogP contribution in [0.3, 0.4) is 0 Å². The van der Waals surface area contributed by atoms with Gasteiger partial charge in [0.1, 0.15) is 5.75 Å². The number of methoxy groups -OCH3 is 1. The third-order valence-electron chi connectivity index (χ3n) is 5.91. The van der Waals surface area contributed by atoms with Crippen LogP contribution < -0.4 is 10.1 Å². The first kappa shape index (κ1) is 16.4. The lowest BCUT2D eigenvalue weighted by atomic mass is 9.91. The van der Waals surface area contributed by atoms with Crippen LogP contribution in [0.1, 0.15) is 57.4 Å². The molecule has 1 aromatic carbocycles. The maximum Gasteiger partial charge on any atom is 0.124 e. The number of benzene rings is 1. The highest BCUT2D eigenvalue weighted by Crippen LogP contribution is 2.72. The molecule has 1 saturated carbocycles. The molecule has 2 heteroatoms. The van der Waals surface area contributed by atoms with Gasteiger partial charge in [0.25, 0.3) is 0 Å². The highest BCUT2D eigenvalue weighted by molar-refractivity contribution is 5.47. The van der Waals surface area contributed by atoms with E-state index in [1.807, 2.05) is 0 Å². The second-order valence-corrected chi connectivity index (χ2v) is 7.65. The summed E-state index contributed by atoms with van der Waals surface area (Å²) in [5.74, 6) is 1.65. The minimum absolute atomic E-state index is 0.349. The van der Waals surface area contributed by atoms with Crippen LogP contribution in [-0.2, 0) is 0 Å². The molecular formula is C19H31NO. The third kappa shape index (κ3) is 2.48. The van der Waals surface area contributed by atoms with E-state index in [1.54, 1.807) is 7.11 Å². The van der Waals surface area contributed by atoms with E-state index < -0.39 is 0 Å². The fraction of sp³-hybridized carbons (Fsp3) is 0.684. The Bertz CT molecular complexity index is 517. The summed E-state index contributed by atoms with van der Waals surface area (Å²) in [5.41, 5.74) is 4.63. The van der Waals surface area contributed by atoms with Crippen molar-refractivity contribution < 1.29 is 4.74 Å². The fourth-order valence-electron chi connectivity index (χ4n) is 4.19. The second kappa shape index (κ2) is 5.31. The van der Waals surface area contributed by atoms with Gasteiger partial charge in [0.05, 0.1) is 7.11 Å². The summed E-state index contributed by atoms with van der Waals surface area (Å²) in [5, 5.41) is 3.73. The Morgan fingerprint density at radius 2 is 1.71 bits per heavy atom. The molecule has 0 amide bonds.